The van der Waals surface area contributed by atoms with Gasteiger partial charge >= 0.3 is 0 Å². The molecule has 1 aliphatic carbocycles. The highest BCUT2D eigenvalue weighted by atomic mass is 32.2. The van der Waals surface area contributed by atoms with E-state index in [1.807, 2.05) is 0 Å². The van der Waals surface area contributed by atoms with E-state index >= 15 is 0 Å². The topological polar surface area (TPSA) is 29.1 Å². The Morgan fingerprint density at radius 3 is 2.43 bits per heavy atom. The van der Waals surface area contributed by atoms with Crippen LogP contribution in [0.1, 0.15) is 63.1 Å². The van der Waals surface area contributed by atoms with E-state index in [0.29, 0.717) is 5.25 Å². The first-order chi connectivity index (χ1) is 10.2. The second kappa shape index (κ2) is 8.70. The zero-order valence-electron chi connectivity index (χ0n) is 13.4. The molecule has 0 heterocycles. The highest BCUT2D eigenvalue weighted by Crippen LogP contribution is 2.25. The number of aryl methyl sites for hydroxylation is 1. The van der Waals surface area contributed by atoms with Crippen LogP contribution >= 0.6 is 0 Å². The van der Waals surface area contributed by atoms with Gasteiger partial charge in [-0.05, 0) is 36.9 Å². The molecule has 2 nitrogen and oxygen atoms in total. The molecule has 1 N–H and O–H groups in total. The first-order valence-electron chi connectivity index (χ1n) is 8.44. The molecular formula is C18H29NOS. The predicted octanol–water partition coefficient (Wildman–Crippen LogP) is 3.98. The molecule has 2 unspecified atom stereocenters. The molecule has 3 heteroatoms. The van der Waals surface area contributed by atoms with E-state index in [4.69, 9.17) is 0 Å². The normalized spacial score (nSPS) is 18.8. The van der Waals surface area contributed by atoms with E-state index in [0.717, 1.165) is 31.6 Å². The highest BCUT2D eigenvalue weighted by Gasteiger charge is 2.24. The number of rotatable bonds is 8. The van der Waals surface area contributed by atoms with E-state index in [1.165, 1.54) is 30.4 Å². The first kappa shape index (κ1) is 16.7. The van der Waals surface area contributed by atoms with Crippen molar-refractivity contribution in [2.24, 2.45) is 0 Å². The molecule has 2 atom stereocenters. The Bertz CT molecular complexity index is 437. The molecule has 0 radical (unpaired) electrons. The smallest absolute Gasteiger partial charge is 0.0436 e. The fraction of sp³-hybridized carbons (Fsp3) is 0.667. The Morgan fingerprint density at radius 1 is 1.19 bits per heavy atom. The van der Waals surface area contributed by atoms with Gasteiger partial charge in [0.1, 0.15) is 0 Å². The van der Waals surface area contributed by atoms with Gasteiger partial charge in [0.05, 0.1) is 0 Å². The number of hydrogen-bond acceptors (Lipinski definition) is 2. The minimum atomic E-state index is -0.699. The monoisotopic (exact) mass is 307 g/mol. The predicted molar refractivity (Wildman–Crippen MR) is 92.1 cm³/mol. The Morgan fingerprint density at radius 2 is 1.86 bits per heavy atom. The van der Waals surface area contributed by atoms with Crippen molar-refractivity contribution in [3.05, 3.63) is 35.4 Å². The minimum Gasteiger partial charge on any atom is -0.309 e. The molecule has 0 amide bonds. The van der Waals surface area contributed by atoms with Crippen LogP contribution in [-0.2, 0) is 17.2 Å². The van der Waals surface area contributed by atoms with Crippen molar-refractivity contribution in [1.29, 1.82) is 0 Å². The van der Waals surface area contributed by atoms with Crippen LogP contribution in [0, 0.1) is 0 Å². The first-order valence-corrected chi connectivity index (χ1v) is 9.82. The zero-order chi connectivity index (χ0) is 15.1. The lowest BCUT2D eigenvalue weighted by atomic mass is 10.0. The van der Waals surface area contributed by atoms with Gasteiger partial charge in [-0.15, -0.1) is 0 Å². The maximum atomic E-state index is 12.5. The minimum absolute atomic E-state index is 0.229. The van der Waals surface area contributed by atoms with Gasteiger partial charge in [0.2, 0.25) is 0 Å². The Balaban J connectivity index is 2.01. The fourth-order valence-electron chi connectivity index (χ4n) is 3.18. The Kier molecular flexibility index (Phi) is 6.91. The summed E-state index contributed by atoms with van der Waals surface area (Å²) in [6.45, 7) is 5.25. The van der Waals surface area contributed by atoms with Gasteiger partial charge in [0, 0.05) is 27.8 Å². The van der Waals surface area contributed by atoms with Gasteiger partial charge in [-0.1, -0.05) is 57.4 Å². The summed E-state index contributed by atoms with van der Waals surface area (Å²) in [6.07, 6.45) is 7.14. The molecule has 0 aliphatic heterocycles. The van der Waals surface area contributed by atoms with Crippen LogP contribution in [0.15, 0.2) is 24.3 Å². The quantitative estimate of drug-likeness (QED) is 0.787. The number of hydrogen-bond donors (Lipinski definition) is 1. The third kappa shape index (κ3) is 4.93. The van der Waals surface area contributed by atoms with Crippen molar-refractivity contribution in [3.63, 3.8) is 0 Å². The van der Waals surface area contributed by atoms with Crippen molar-refractivity contribution in [1.82, 2.24) is 5.32 Å². The second-order valence-electron chi connectivity index (χ2n) is 6.06. The van der Waals surface area contributed by atoms with Gasteiger partial charge in [0.25, 0.3) is 0 Å². The summed E-state index contributed by atoms with van der Waals surface area (Å²) in [5.74, 6) is 0.756. The molecule has 1 fully saturated rings. The van der Waals surface area contributed by atoms with E-state index in [-0.39, 0.29) is 6.04 Å². The molecule has 1 saturated carbocycles. The summed E-state index contributed by atoms with van der Waals surface area (Å²) in [7, 11) is -0.699. The summed E-state index contributed by atoms with van der Waals surface area (Å²) in [6, 6.07) is 9.10. The lowest BCUT2D eigenvalue weighted by Crippen LogP contribution is -2.29. The molecule has 118 valence electrons. The van der Waals surface area contributed by atoms with Gasteiger partial charge in [-0.25, -0.2) is 0 Å². The summed E-state index contributed by atoms with van der Waals surface area (Å²) < 4.78 is 12.5. The van der Waals surface area contributed by atoms with Crippen molar-refractivity contribution in [2.45, 2.75) is 63.7 Å². The van der Waals surface area contributed by atoms with Crippen molar-refractivity contribution in [3.8, 4) is 0 Å². The molecule has 2 rings (SSSR count). The van der Waals surface area contributed by atoms with Crippen LogP contribution in [0.2, 0.25) is 0 Å². The third-order valence-corrected chi connectivity index (χ3v) is 6.25. The average molecular weight is 308 g/mol. The van der Waals surface area contributed by atoms with E-state index < -0.39 is 10.8 Å². The molecule has 0 spiro atoms. The summed E-state index contributed by atoms with van der Waals surface area (Å²) in [4.78, 5) is 0. The van der Waals surface area contributed by atoms with Crippen LogP contribution in [0.3, 0.4) is 0 Å². The maximum absolute atomic E-state index is 12.5. The van der Waals surface area contributed by atoms with E-state index in [9.17, 15) is 4.21 Å². The maximum Gasteiger partial charge on any atom is 0.0436 e. The highest BCUT2D eigenvalue weighted by molar-refractivity contribution is 7.85. The Hall–Kier alpha value is -0.670. The molecule has 1 aromatic carbocycles. The zero-order valence-corrected chi connectivity index (χ0v) is 14.3. The van der Waals surface area contributed by atoms with Crippen LogP contribution in [0.25, 0.3) is 0 Å². The van der Waals surface area contributed by atoms with E-state index in [1.54, 1.807) is 0 Å². The van der Waals surface area contributed by atoms with Gasteiger partial charge < -0.3 is 5.32 Å². The van der Waals surface area contributed by atoms with Crippen molar-refractivity contribution in [2.75, 3.05) is 12.3 Å². The SMILES string of the molecule is CCCc1ccc(C(CS(=O)C2CCCC2)NCC)cc1. The molecule has 0 saturated heterocycles. The van der Waals surface area contributed by atoms with Gasteiger partial charge in [0.15, 0.2) is 0 Å². The average Bonchev–Trinajstić information content (AvgIpc) is 3.02. The standard InChI is InChI=1S/C18H29NOS/c1-3-7-15-10-12-16(13-11-15)18(19-4-2)14-21(20)17-8-5-6-9-17/h10-13,17-19H,3-9,14H2,1-2H3. The summed E-state index contributed by atoms with van der Waals surface area (Å²) in [5, 5.41) is 3.95. The van der Waals surface area contributed by atoms with Crippen LogP contribution in [0.4, 0.5) is 0 Å². The largest absolute Gasteiger partial charge is 0.309 e. The lowest BCUT2D eigenvalue weighted by molar-refractivity contribution is 0.590. The molecule has 1 aromatic rings. The molecule has 21 heavy (non-hydrogen) atoms. The van der Waals surface area contributed by atoms with E-state index in [2.05, 4.69) is 43.4 Å². The Labute approximate surface area is 132 Å². The van der Waals surface area contributed by atoms with Crippen LogP contribution in [-0.4, -0.2) is 21.8 Å². The second-order valence-corrected chi connectivity index (χ2v) is 7.82. The molecule has 1 aliphatic rings. The summed E-state index contributed by atoms with van der Waals surface area (Å²) in [5.41, 5.74) is 2.68. The molecular weight excluding hydrogens is 278 g/mol. The fourth-order valence-corrected chi connectivity index (χ4v) is 4.95. The van der Waals surface area contributed by atoms with Gasteiger partial charge in [-0.2, -0.15) is 0 Å². The van der Waals surface area contributed by atoms with Crippen molar-refractivity contribution >= 4 is 10.8 Å². The summed E-state index contributed by atoms with van der Waals surface area (Å²) >= 11 is 0. The van der Waals surface area contributed by atoms with Crippen LogP contribution < -0.4 is 5.32 Å². The van der Waals surface area contributed by atoms with Crippen LogP contribution in [0.5, 0.6) is 0 Å². The molecule has 0 bridgehead atoms. The van der Waals surface area contributed by atoms with Gasteiger partial charge in [-0.3, -0.25) is 4.21 Å². The molecule has 0 aromatic heterocycles. The number of benzene rings is 1. The number of nitrogens with one attached hydrogen (secondary N) is 1. The third-order valence-electron chi connectivity index (χ3n) is 4.38. The van der Waals surface area contributed by atoms with Crippen molar-refractivity contribution < 1.29 is 4.21 Å². The lowest BCUT2D eigenvalue weighted by Gasteiger charge is -2.20.